The third-order valence-corrected chi connectivity index (χ3v) is 5.77. The molecule has 0 aromatic heterocycles. The molecule has 3 aromatic rings. The third kappa shape index (κ3) is 6.50. The Kier molecular flexibility index (Phi) is 8.75. The largest absolute Gasteiger partial charge is 0.465 e. The summed E-state index contributed by atoms with van der Waals surface area (Å²) < 4.78 is 4.97. The first-order chi connectivity index (χ1) is 18.0. The van der Waals surface area contributed by atoms with E-state index in [1.807, 2.05) is 13.8 Å². The summed E-state index contributed by atoms with van der Waals surface area (Å²) in [5.41, 5.74) is 8.02. The number of ketones is 1. The van der Waals surface area contributed by atoms with Gasteiger partial charge in [-0.1, -0.05) is 32.0 Å². The van der Waals surface area contributed by atoms with Gasteiger partial charge in [-0.2, -0.15) is 0 Å². The highest BCUT2D eigenvalue weighted by atomic mass is 16.5. The molecule has 0 unspecified atom stereocenters. The van der Waals surface area contributed by atoms with Crippen molar-refractivity contribution in [1.29, 1.82) is 5.41 Å². The Morgan fingerprint density at radius 2 is 1.39 bits per heavy atom. The lowest BCUT2D eigenvalue weighted by atomic mass is 9.91. The molecule has 0 radical (unpaired) electrons. The molecule has 0 atom stereocenters. The number of Topliss-reactive ketones (excluding diaryl/α,β-unsaturated/α-hetero) is 1. The zero-order valence-electron chi connectivity index (χ0n) is 21.7. The maximum absolute atomic E-state index is 13.4. The van der Waals surface area contributed by atoms with Crippen LogP contribution < -0.4 is 16.4 Å². The quantitative estimate of drug-likeness (QED) is 0.145. The lowest BCUT2D eigenvalue weighted by Crippen LogP contribution is -2.27. The first-order valence-corrected chi connectivity index (χ1v) is 11.9. The number of nitrogen functional groups attached to an aromatic ring is 1. The van der Waals surface area contributed by atoms with Crippen molar-refractivity contribution < 1.29 is 23.9 Å². The topological polar surface area (TPSA) is 151 Å². The van der Waals surface area contributed by atoms with Gasteiger partial charge in [-0.3, -0.25) is 19.8 Å². The first-order valence-electron chi connectivity index (χ1n) is 11.9. The molecule has 0 aliphatic carbocycles. The summed E-state index contributed by atoms with van der Waals surface area (Å²) >= 11 is 0. The third-order valence-electron chi connectivity index (χ3n) is 5.77. The van der Waals surface area contributed by atoms with Crippen LogP contribution in [0.4, 0.5) is 5.69 Å². The van der Waals surface area contributed by atoms with Gasteiger partial charge in [0.2, 0.25) is 0 Å². The van der Waals surface area contributed by atoms with E-state index in [-0.39, 0.29) is 40.1 Å². The highest BCUT2D eigenvalue weighted by Gasteiger charge is 2.22. The predicted molar refractivity (Wildman–Crippen MR) is 146 cm³/mol. The van der Waals surface area contributed by atoms with Crippen LogP contribution in [-0.2, 0) is 4.74 Å². The molecular weight excluding hydrogens is 484 g/mol. The van der Waals surface area contributed by atoms with Gasteiger partial charge in [0.15, 0.2) is 5.78 Å². The predicted octanol–water partition coefficient (Wildman–Crippen LogP) is 4.26. The Labute approximate surface area is 220 Å². The second-order valence-corrected chi connectivity index (χ2v) is 9.12. The fourth-order valence-electron chi connectivity index (χ4n) is 3.72. The van der Waals surface area contributed by atoms with Crippen LogP contribution in [-0.4, -0.2) is 43.1 Å². The molecule has 9 nitrogen and oxygen atoms in total. The van der Waals surface area contributed by atoms with E-state index < -0.39 is 11.9 Å². The molecule has 0 saturated heterocycles. The van der Waals surface area contributed by atoms with Crippen LogP contribution in [0.5, 0.6) is 0 Å². The number of amides is 2. The zero-order chi connectivity index (χ0) is 28.0. The number of carbonyl (C=O) groups excluding carboxylic acids is 4. The second kappa shape index (κ2) is 12.0. The van der Waals surface area contributed by atoms with E-state index in [9.17, 15) is 19.2 Å². The molecule has 196 valence electrons. The molecule has 38 heavy (non-hydrogen) atoms. The molecule has 0 aliphatic rings. The molecule has 0 fully saturated rings. The smallest absolute Gasteiger partial charge is 0.338 e. The van der Waals surface area contributed by atoms with Gasteiger partial charge in [-0.15, -0.1) is 0 Å². The fraction of sp³-hybridized carbons (Fsp3) is 0.207. The van der Waals surface area contributed by atoms with Crippen LogP contribution in [0, 0.1) is 11.3 Å². The van der Waals surface area contributed by atoms with Crippen molar-refractivity contribution in [2.45, 2.75) is 20.8 Å². The van der Waals surface area contributed by atoms with E-state index in [1.54, 1.807) is 48.5 Å². The van der Waals surface area contributed by atoms with E-state index >= 15 is 0 Å². The van der Waals surface area contributed by atoms with Crippen molar-refractivity contribution in [3.63, 3.8) is 0 Å². The Hall–Kier alpha value is -4.79. The van der Waals surface area contributed by atoms with Gasteiger partial charge in [0.25, 0.3) is 11.8 Å². The van der Waals surface area contributed by atoms with Gasteiger partial charge >= 0.3 is 5.97 Å². The van der Waals surface area contributed by atoms with Crippen LogP contribution in [0.15, 0.2) is 60.7 Å². The lowest BCUT2D eigenvalue weighted by molar-refractivity contribution is 0.0601. The van der Waals surface area contributed by atoms with Gasteiger partial charge in [0, 0.05) is 34.5 Å². The molecule has 5 N–H and O–H groups in total. The number of hydrogen-bond donors (Lipinski definition) is 4. The van der Waals surface area contributed by atoms with E-state index in [1.165, 1.54) is 26.2 Å². The minimum atomic E-state index is -0.680. The maximum Gasteiger partial charge on any atom is 0.338 e. The van der Waals surface area contributed by atoms with Crippen molar-refractivity contribution in [3.8, 4) is 11.1 Å². The summed E-state index contributed by atoms with van der Waals surface area (Å²) in [4.78, 5) is 50.9. The van der Waals surface area contributed by atoms with Crippen molar-refractivity contribution in [3.05, 3.63) is 88.5 Å². The Morgan fingerprint density at radius 3 is 1.95 bits per heavy atom. The molecule has 0 bridgehead atoms. The number of hydrogen-bond acceptors (Lipinski definition) is 6. The van der Waals surface area contributed by atoms with Gasteiger partial charge < -0.3 is 21.1 Å². The van der Waals surface area contributed by atoms with Gasteiger partial charge in [0.1, 0.15) is 5.84 Å². The highest BCUT2D eigenvalue weighted by molar-refractivity contribution is 6.12. The number of nitrogens with two attached hydrogens (primary N) is 1. The van der Waals surface area contributed by atoms with Crippen LogP contribution in [0.1, 0.15) is 67.8 Å². The molecule has 0 saturated carbocycles. The molecule has 2 amide bonds. The minimum absolute atomic E-state index is 0.0973. The molecule has 3 rings (SSSR count). The number of esters is 1. The number of ether oxygens (including phenoxy) is 1. The maximum atomic E-state index is 13.4. The van der Waals surface area contributed by atoms with Crippen molar-refractivity contribution in [2.75, 3.05) is 19.0 Å². The standard InChI is InChI=1S/C29H30N4O5/c1-16(2)15-32-27(35)20-8-12-23(25(14-20)29(37)38-4)22-11-7-19(17(3)34)13-24(22)28(36)33-21-9-5-18(6-10-21)26(30)31/h5-14,16H,15H2,1-4H3,(H3,30,31)(H,32,35)(H,33,36). The first kappa shape index (κ1) is 27.8. The molecule has 3 aromatic carbocycles. The minimum Gasteiger partial charge on any atom is -0.465 e. The summed E-state index contributed by atoms with van der Waals surface area (Å²) in [6, 6.07) is 15.6. The Morgan fingerprint density at radius 1 is 0.842 bits per heavy atom. The Balaban J connectivity index is 2.09. The van der Waals surface area contributed by atoms with E-state index in [0.717, 1.165) is 0 Å². The lowest BCUT2D eigenvalue weighted by Gasteiger charge is -2.16. The van der Waals surface area contributed by atoms with Crippen molar-refractivity contribution in [2.24, 2.45) is 11.7 Å². The number of carbonyl (C=O) groups is 4. The summed E-state index contributed by atoms with van der Waals surface area (Å²) in [6.45, 7) is 5.80. The molecular formula is C29H30N4O5. The summed E-state index contributed by atoms with van der Waals surface area (Å²) in [5.74, 6) is -1.63. The van der Waals surface area contributed by atoms with Crippen LogP contribution in [0.2, 0.25) is 0 Å². The molecule has 9 heteroatoms. The number of amidine groups is 1. The average molecular weight is 515 g/mol. The van der Waals surface area contributed by atoms with Gasteiger partial charge in [-0.05, 0) is 66.4 Å². The number of benzene rings is 3. The van der Waals surface area contributed by atoms with Crippen molar-refractivity contribution >= 4 is 35.1 Å². The van der Waals surface area contributed by atoms with Crippen LogP contribution in [0.25, 0.3) is 11.1 Å². The fourth-order valence-corrected chi connectivity index (χ4v) is 3.72. The zero-order valence-corrected chi connectivity index (χ0v) is 21.7. The summed E-state index contributed by atoms with van der Waals surface area (Å²) in [6.07, 6.45) is 0. The van der Waals surface area contributed by atoms with E-state index in [2.05, 4.69) is 10.6 Å². The van der Waals surface area contributed by atoms with Crippen molar-refractivity contribution in [1.82, 2.24) is 5.32 Å². The van der Waals surface area contributed by atoms with E-state index in [0.29, 0.717) is 34.5 Å². The number of anilines is 1. The monoisotopic (exact) mass is 514 g/mol. The number of rotatable bonds is 9. The number of methoxy groups -OCH3 is 1. The highest BCUT2D eigenvalue weighted by Crippen LogP contribution is 2.31. The van der Waals surface area contributed by atoms with Gasteiger partial charge in [0.05, 0.1) is 12.7 Å². The van der Waals surface area contributed by atoms with E-state index in [4.69, 9.17) is 15.9 Å². The SMILES string of the molecule is COC(=O)c1cc(C(=O)NCC(C)C)ccc1-c1ccc(C(C)=O)cc1C(=O)Nc1ccc(C(=N)N)cc1. The summed E-state index contributed by atoms with van der Waals surface area (Å²) in [7, 11) is 1.23. The van der Waals surface area contributed by atoms with Gasteiger partial charge in [-0.25, -0.2) is 4.79 Å². The Bertz CT molecular complexity index is 1410. The molecule has 0 spiro atoms. The van der Waals surface area contributed by atoms with Crippen LogP contribution in [0.3, 0.4) is 0 Å². The normalized spacial score (nSPS) is 10.6. The summed E-state index contributed by atoms with van der Waals surface area (Å²) in [5, 5.41) is 13.1. The van der Waals surface area contributed by atoms with Crippen LogP contribution >= 0.6 is 0 Å². The molecule has 0 heterocycles. The second-order valence-electron chi connectivity index (χ2n) is 9.12. The molecule has 0 aliphatic heterocycles. The number of nitrogens with one attached hydrogen (secondary N) is 3. The average Bonchev–Trinajstić information content (AvgIpc) is 2.90.